The molecule has 1 saturated heterocycles. The van der Waals surface area contributed by atoms with Crippen molar-refractivity contribution in [3.8, 4) is 0 Å². The van der Waals surface area contributed by atoms with Crippen LogP contribution in [0.3, 0.4) is 0 Å². The van der Waals surface area contributed by atoms with Crippen LogP contribution in [0.25, 0.3) is 0 Å². The second kappa shape index (κ2) is 5.36. The van der Waals surface area contributed by atoms with Crippen molar-refractivity contribution in [2.24, 2.45) is 0 Å². The van der Waals surface area contributed by atoms with Gasteiger partial charge in [0.1, 0.15) is 11.4 Å². The minimum absolute atomic E-state index is 0.649. The number of piperidine rings is 1. The molecule has 2 aliphatic rings. The third-order valence-corrected chi connectivity index (χ3v) is 4.07. The van der Waals surface area contributed by atoms with Gasteiger partial charge >= 0.3 is 0 Å². The summed E-state index contributed by atoms with van der Waals surface area (Å²) >= 11 is 0. The van der Waals surface area contributed by atoms with Gasteiger partial charge in [-0.25, -0.2) is 4.63 Å². The fraction of sp³-hybridized carbons (Fsp3) is 0.846. The molecule has 5 nitrogen and oxygen atoms in total. The first-order chi connectivity index (χ1) is 8.83. The summed E-state index contributed by atoms with van der Waals surface area (Å²) < 4.78 is 4.79. The van der Waals surface area contributed by atoms with E-state index < -0.39 is 0 Å². The number of aryl methyl sites for hydroxylation is 1. The highest BCUT2D eigenvalue weighted by Crippen LogP contribution is 2.22. The van der Waals surface area contributed by atoms with Crippen molar-refractivity contribution in [3.05, 3.63) is 11.4 Å². The second-order valence-electron chi connectivity index (χ2n) is 5.60. The van der Waals surface area contributed by atoms with Crippen molar-refractivity contribution >= 4 is 0 Å². The minimum Gasteiger partial charge on any atom is -0.312 e. The van der Waals surface area contributed by atoms with E-state index in [0.29, 0.717) is 6.04 Å². The quantitative estimate of drug-likeness (QED) is 0.858. The lowest BCUT2D eigenvalue weighted by atomic mass is 10.0. The van der Waals surface area contributed by atoms with Gasteiger partial charge in [0.05, 0.1) is 0 Å². The number of nitrogens with zero attached hydrogens (tertiary/aromatic N) is 3. The van der Waals surface area contributed by atoms with Crippen LogP contribution in [0.4, 0.5) is 0 Å². The third-order valence-electron chi connectivity index (χ3n) is 4.07. The standard InChI is InChI=1S/C13H22N4O/c1-10-13(16-18-15-10)9-17-7-3-2-4-12(17)8-14-11-5-6-11/h11-12,14H,2-9H2,1H3. The highest BCUT2D eigenvalue weighted by atomic mass is 16.6. The van der Waals surface area contributed by atoms with Gasteiger partial charge in [0.15, 0.2) is 0 Å². The lowest BCUT2D eigenvalue weighted by Gasteiger charge is -2.35. The molecule has 5 heteroatoms. The SMILES string of the molecule is Cc1nonc1CN1CCCCC1CNC1CC1. The lowest BCUT2D eigenvalue weighted by Crippen LogP contribution is -2.45. The predicted molar refractivity (Wildman–Crippen MR) is 68.1 cm³/mol. The van der Waals surface area contributed by atoms with E-state index in [9.17, 15) is 0 Å². The van der Waals surface area contributed by atoms with Crippen LogP contribution in [0.5, 0.6) is 0 Å². The second-order valence-corrected chi connectivity index (χ2v) is 5.60. The molecule has 3 rings (SSSR count). The van der Waals surface area contributed by atoms with E-state index in [-0.39, 0.29) is 0 Å². The zero-order chi connectivity index (χ0) is 12.4. The molecule has 18 heavy (non-hydrogen) atoms. The summed E-state index contributed by atoms with van der Waals surface area (Å²) in [7, 11) is 0. The molecule has 1 atom stereocenters. The van der Waals surface area contributed by atoms with E-state index >= 15 is 0 Å². The molecular weight excluding hydrogens is 228 g/mol. The maximum atomic E-state index is 4.79. The fourth-order valence-corrected chi connectivity index (χ4v) is 2.67. The molecule has 1 aromatic rings. The van der Waals surface area contributed by atoms with Gasteiger partial charge < -0.3 is 5.32 Å². The minimum atomic E-state index is 0.649. The van der Waals surface area contributed by atoms with Crippen LogP contribution < -0.4 is 5.32 Å². The molecule has 0 spiro atoms. The molecule has 1 unspecified atom stereocenters. The predicted octanol–water partition coefficient (Wildman–Crippen LogP) is 1.48. The molecular formula is C13H22N4O. The maximum absolute atomic E-state index is 4.79. The van der Waals surface area contributed by atoms with Gasteiger partial charge in [-0.05, 0) is 39.2 Å². The Hall–Kier alpha value is -0.940. The smallest absolute Gasteiger partial charge is 0.122 e. The molecule has 0 radical (unpaired) electrons. The number of likely N-dealkylation sites (tertiary alicyclic amines) is 1. The van der Waals surface area contributed by atoms with E-state index in [0.717, 1.165) is 30.5 Å². The van der Waals surface area contributed by atoms with Gasteiger partial charge in [-0.15, -0.1) is 0 Å². The summed E-state index contributed by atoms with van der Waals surface area (Å²) in [6, 6.07) is 1.44. The highest BCUT2D eigenvalue weighted by Gasteiger charge is 2.27. The average molecular weight is 250 g/mol. The van der Waals surface area contributed by atoms with E-state index in [1.165, 1.54) is 38.6 Å². The van der Waals surface area contributed by atoms with Crippen molar-refractivity contribution in [1.29, 1.82) is 0 Å². The number of rotatable bonds is 5. The lowest BCUT2D eigenvalue weighted by molar-refractivity contribution is 0.133. The molecule has 1 N–H and O–H groups in total. The average Bonchev–Trinajstić information content (AvgIpc) is 3.13. The third kappa shape index (κ3) is 2.90. The molecule has 0 amide bonds. The van der Waals surface area contributed by atoms with Crippen molar-refractivity contribution in [2.75, 3.05) is 13.1 Å². The van der Waals surface area contributed by atoms with Crippen LogP contribution in [0.15, 0.2) is 4.63 Å². The Labute approximate surface area is 108 Å². The maximum Gasteiger partial charge on any atom is 0.122 e. The molecule has 1 aliphatic heterocycles. The molecule has 0 bridgehead atoms. The van der Waals surface area contributed by atoms with Gasteiger partial charge in [-0.3, -0.25) is 4.90 Å². The summed E-state index contributed by atoms with van der Waals surface area (Å²) in [5, 5.41) is 11.5. The zero-order valence-electron chi connectivity index (χ0n) is 11.1. The summed E-state index contributed by atoms with van der Waals surface area (Å²) in [5.41, 5.74) is 1.92. The Bertz CT molecular complexity index is 388. The Balaban J connectivity index is 1.58. The van der Waals surface area contributed by atoms with Crippen LogP contribution >= 0.6 is 0 Å². The van der Waals surface area contributed by atoms with Crippen molar-refractivity contribution in [2.45, 2.75) is 57.7 Å². The number of hydrogen-bond donors (Lipinski definition) is 1. The first-order valence-electron chi connectivity index (χ1n) is 7.08. The fourth-order valence-electron chi connectivity index (χ4n) is 2.67. The topological polar surface area (TPSA) is 54.2 Å². The normalized spacial score (nSPS) is 25.5. The summed E-state index contributed by atoms with van der Waals surface area (Å²) in [6.07, 6.45) is 6.66. The summed E-state index contributed by atoms with van der Waals surface area (Å²) in [5.74, 6) is 0. The number of aromatic nitrogens is 2. The van der Waals surface area contributed by atoms with Gasteiger partial charge in [-0.2, -0.15) is 0 Å². The van der Waals surface area contributed by atoms with E-state index in [2.05, 4.69) is 20.5 Å². The van der Waals surface area contributed by atoms with Gasteiger partial charge in [0.2, 0.25) is 0 Å². The molecule has 0 aromatic carbocycles. The monoisotopic (exact) mass is 250 g/mol. The van der Waals surface area contributed by atoms with Gasteiger partial charge in [-0.1, -0.05) is 16.7 Å². The summed E-state index contributed by atoms with van der Waals surface area (Å²) in [4.78, 5) is 2.53. The highest BCUT2D eigenvalue weighted by molar-refractivity contribution is 5.05. The Morgan fingerprint density at radius 2 is 2.17 bits per heavy atom. The van der Waals surface area contributed by atoms with Crippen LogP contribution in [-0.4, -0.2) is 40.4 Å². The van der Waals surface area contributed by atoms with Gasteiger partial charge in [0, 0.05) is 25.2 Å². The van der Waals surface area contributed by atoms with E-state index in [4.69, 9.17) is 4.63 Å². The van der Waals surface area contributed by atoms with Crippen LogP contribution in [-0.2, 0) is 6.54 Å². The van der Waals surface area contributed by atoms with Crippen LogP contribution in [0.2, 0.25) is 0 Å². The number of nitrogens with one attached hydrogen (secondary N) is 1. The van der Waals surface area contributed by atoms with Crippen molar-refractivity contribution < 1.29 is 4.63 Å². The van der Waals surface area contributed by atoms with Crippen molar-refractivity contribution in [3.63, 3.8) is 0 Å². The van der Waals surface area contributed by atoms with Crippen LogP contribution in [0.1, 0.15) is 43.5 Å². The molecule has 1 aromatic heterocycles. The molecule has 2 fully saturated rings. The Morgan fingerprint density at radius 3 is 2.89 bits per heavy atom. The molecule has 1 aliphatic carbocycles. The zero-order valence-corrected chi connectivity index (χ0v) is 11.1. The van der Waals surface area contributed by atoms with Gasteiger partial charge in [0.25, 0.3) is 0 Å². The largest absolute Gasteiger partial charge is 0.312 e. The number of hydrogen-bond acceptors (Lipinski definition) is 5. The molecule has 1 saturated carbocycles. The molecule has 2 heterocycles. The first kappa shape index (κ1) is 12.1. The first-order valence-corrected chi connectivity index (χ1v) is 7.08. The van der Waals surface area contributed by atoms with E-state index in [1.54, 1.807) is 0 Å². The summed E-state index contributed by atoms with van der Waals surface area (Å²) in [6.45, 7) is 5.14. The Kier molecular flexibility index (Phi) is 3.61. The van der Waals surface area contributed by atoms with E-state index in [1.807, 2.05) is 6.92 Å². The molecule has 100 valence electrons. The Morgan fingerprint density at radius 1 is 1.28 bits per heavy atom. The van der Waals surface area contributed by atoms with Crippen LogP contribution in [0, 0.1) is 6.92 Å². The van der Waals surface area contributed by atoms with Crippen molar-refractivity contribution in [1.82, 2.24) is 20.5 Å².